The second-order valence-corrected chi connectivity index (χ2v) is 17.0. The molecule has 0 bridgehead atoms. The van der Waals surface area contributed by atoms with Gasteiger partial charge in [0, 0.05) is 65.0 Å². The number of rotatable bonds is 10. The molecule has 3 atom stereocenters. The Morgan fingerprint density at radius 1 is 0.681 bits per heavy atom. The normalized spacial score (nSPS) is 16.6. The first-order valence-corrected chi connectivity index (χ1v) is 22.7. The van der Waals surface area contributed by atoms with E-state index in [-0.39, 0.29) is 35.7 Å². The molecule has 0 radical (unpaired) electrons. The maximum atomic E-state index is 13.9. The third-order valence-electron chi connectivity index (χ3n) is 12.8. The molecule has 10 rings (SSSR count). The number of aryl methyl sites for hydroxylation is 2. The summed E-state index contributed by atoms with van der Waals surface area (Å²) in [5.74, 6) is 6.50. The van der Waals surface area contributed by atoms with Crippen LogP contribution in [0.1, 0.15) is 100 Å². The van der Waals surface area contributed by atoms with Gasteiger partial charge in [-0.05, 0) is 113 Å². The second kappa shape index (κ2) is 18.4. The summed E-state index contributed by atoms with van der Waals surface area (Å²) in [5.41, 5.74) is 7.87. The number of fused-ring (bicyclic) bond motifs is 2. The van der Waals surface area contributed by atoms with Crippen LogP contribution in [0.4, 0.5) is 11.6 Å². The molecule has 2 aliphatic heterocycles. The fourth-order valence-electron chi connectivity index (χ4n) is 9.66. The Balaban J connectivity index is 0.888. The number of amides is 4. The number of nitrogens with zero attached hydrogens (tertiary/aromatic N) is 10. The fourth-order valence-corrected chi connectivity index (χ4v) is 9.66. The molecule has 342 valence electrons. The van der Waals surface area contributed by atoms with Crippen molar-refractivity contribution in [2.75, 3.05) is 17.2 Å². The molecule has 8 heterocycles. The van der Waals surface area contributed by atoms with Gasteiger partial charge < -0.3 is 20.4 Å². The van der Waals surface area contributed by atoms with Crippen molar-refractivity contribution < 1.29 is 19.2 Å². The van der Waals surface area contributed by atoms with E-state index in [9.17, 15) is 19.2 Å². The van der Waals surface area contributed by atoms with Crippen LogP contribution in [0.15, 0.2) is 129 Å². The Hall–Kier alpha value is -8.84. The molecule has 0 spiro atoms. The standard InChI is InChI=1S/C53H46N12O4/c1-5-10-47(67)62-26-9-11-40(62)50-60-48(42-30-54-28-32(3)63(42)50)34-15-19-37(20-16-34)53(69)59-45-27-38(23-25-57-45)39-21-22-41(65(39)46(66)6-2)51-61-49(43-31-55-29-33(4)64(43)51)35-13-17-36(18-14-35)52(68)58-44-12-7-8-24-56-44/h6-8,12-20,23-25,27-31,39-41H,2,9,11,21-22,26H2,1,3-4H3,(H,56,58,68)(H,57,59,69)/t39?,40-,41-/m0/s1. The molecule has 0 saturated carbocycles. The minimum Gasteiger partial charge on any atom is -0.322 e. The Kier molecular flexibility index (Phi) is 11.8. The summed E-state index contributed by atoms with van der Waals surface area (Å²) in [5, 5.41) is 5.77. The third kappa shape index (κ3) is 8.24. The van der Waals surface area contributed by atoms with E-state index in [0.29, 0.717) is 59.4 Å². The Labute approximate surface area is 397 Å². The highest BCUT2D eigenvalue weighted by Crippen LogP contribution is 2.45. The first-order valence-electron chi connectivity index (χ1n) is 22.7. The number of carbonyl (C=O) groups excluding carboxylic acids is 4. The van der Waals surface area contributed by atoms with Crippen LogP contribution < -0.4 is 10.6 Å². The zero-order valence-corrected chi connectivity index (χ0v) is 38.1. The summed E-state index contributed by atoms with van der Waals surface area (Å²) >= 11 is 0. The van der Waals surface area contributed by atoms with Crippen molar-refractivity contribution in [3.63, 3.8) is 0 Å². The summed E-state index contributed by atoms with van der Waals surface area (Å²) < 4.78 is 4.08. The maximum Gasteiger partial charge on any atom is 0.299 e. The van der Waals surface area contributed by atoms with Crippen LogP contribution in [0.5, 0.6) is 0 Å². The van der Waals surface area contributed by atoms with Crippen molar-refractivity contribution in [1.29, 1.82) is 0 Å². The van der Waals surface area contributed by atoms with Crippen LogP contribution in [0, 0.1) is 25.7 Å². The van der Waals surface area contributed by atoms with Gasteiger partial charge in [0.05, 0.1) is 52.9 Å². The monoisotopic (exact) mass is 914 g/mol. The lowest BCUT2D eigenvalue weighted by Crippen LogP contribution is -2.32. The van der Waals surface area contributed by atoms with E-state index < -0.39 is 6.04 Å². The SMILES string of the molecule is C=CC(=O)N1C(c2ccnc(NC(=O)c3ccc(-c4nc([C@@H]5CCCN5C(=O)C#CC)n5c(C)cncc45)cc3)c2)CC[C@H]1c1nc(-c2ccc(C(=O)Nc3ccccn3)cc2)c2cncc(C)n12. The topological polar surface area (TPSA) is 185 Å². The quantitative estimate of drug-likeness (QED) is 0.0999. The molecule has 2 saturated heterocycles. The van der Waals surface area contributed by atoms with Crippen molar-refractivity contribution >= 4 is 46.3 Å². The van der Waals surface area contributed by atoms with Gasteiger partial charge in [-0.25, -0.2) is 19.9 Å². The number of anilines is 2. The third-order valence-corrected chi connectivity index (χ3v) is 12.8. The van der Waals surface area contributed by atoms with E-state index in [1.807, 2.05) is 48.6 Å². The van der Waals surface area contributed by atoms with Gasteiger partial charge in [-0.2, -0.15) is 0 Å². The Morgan fingerprint density at radius 3 is 1.84 bits per heavy atom. The number of likely N-dealkylation sites (tertiary alicyclic amines) is 2. The average molecular weight is 915 g/mol. The largest absolute Gasteiger partial charge is 0.322 e. The molecule has 1 unspecified atom stereocenters. The molecule has 16 nitrogen and oxygen atoms in total. The van der Waals surface area contributed by atoms with E-state index in [2.05, 4.69) is 53.4 Å². The van der Waals surface area contributed by atoms with E-state index in [1.54, 1.807) is 102 Å². The van der Waals surface area contributed by atoms with Crippen molar-refractivity contribution in [2.24, 2.45) is 0 Å². The lowest BCUT2D eigenvalue weighted by Gasteiger charge is -2.29. The molecule has 2 N–H and O–H groups in total. The molecule has 6 aromatic heterocycles. The number of imidazole rings is 2. The van der Waals surface area contributed by atoms with E-state index in [4.69, 9.17) is 9.97 Å². The summed E-state index contributed by atoms with van der Waals surface area (Å²) in [4.78, 5) is 85.2. The van der Waals surface area contributed by atoms with E-state index in [0.717, 1.165) is 57.8 Å². The molecule has 69 heavy (non-hydrogen) atoms. The van der Waals surface area contributed by atoms with Crippen LogP contribution in [-0.2, 0) is 9.59 Å². The number of benzene rings is 2. The summed E-state index contributed by atoms with van der Waals surface area (Å²) in [7, 11) is 0. The van der Waals surface area contributed by atoms with E-state index in [1.165, 1.54) is 6.08 Å². The molecular formula is C53H46N12O4. The summed E-state index contributed by atoms with van der Waals surface area (Å²) in [6.07, 6.45) is 14.4. The molecule has 2 aromatic carbocycles. The van der Waals surface area contributed by atoms with Gasteiger partial charge in [0.1, 0.15) is 23.3 Å². The summed E-state index contributed by atoms with van der Waals surface area (Å²) in [6, 6.07) is 22.3. The van der Waals surface area contributed by atoms with Crippen molar-refractivity contribution in [3.05, 3.63) is 168 Å². The van der Waals surface area contributed by atoms with Crippen LogP contribution in [0.25, 0.3) is 33.5 Å². The number of hydrogen-bond acceptors (Lipinski definition) is 10. The number of aromatic nitrogens is 8. The second-order valence-electron chi connectivity index (χ2n) is 17.0. The van der Waals surface area contributed by atoms with Crippen LogP contribution in [0.2, 0.25) is 0 Å². The Morgan fingerprint density at radius 2 is 1.26 bits per heavy atom. The zero-order valence-electron chi connectivity index (χ0n) is 38.1. The van der Waals surface area contributed by atoms with Crippen molar-refractivity contribution in [1.82, 2.24) is 48.5 Å². The molecule has 16 heteroatoms. The molecular weight excluding hydrogens is 869 g/mol. The number of hydrogen-bond donors (Lipinski definition) is 2. The maximum absolute atomic E-state index is 13.9. The fraction of sp³-hybridized carbons (Fsp3) is 0.208. The zero-order chi connectivity index (χ0) is 47.8. The lowest BCUT2D eigenvalue weighted by molar-refractivity contribution is -0.129. The van der Waals surface area contributed by atoms with Crippen molar-refractivity contribution in [3.8, 4) is 34.4 Å². The van der Waals surface area contributed by atoms with Gasteiger partial charge in [0.2, 0.25) is 5.91 Å². The molecule has 2 fully saturated rings. The predicted molar refractivity (Wildman–Crippen MR) is 260 cm³/mol. The number of carbonyl (C=O) groups is 4. The predicted octanol–water partition coefficient (Wildman–Crippen LogP) is 8.30. The number of nitrogens with one attached hydrogen (secondary N) is 2. The van der Waals surface area contributed by atoms with Gasteiger partial charge in [0.15, 0.2) is 0 Å². The molecule has 4 amide bonds. The van der Waals surface area contributed by atoms with Crippen molar-refractivity contribution in [2.45, 2.75) is 64.6 Å². The van der Waals surface area contributed by atoms with Gasteiger partial charge in [0.25, 0.3) is 17.7 Å². The van der Waals surface area contributed by atoms with Crippen LogP contribution in [-0.4, -0.2) is 78.7 Å². The number of pyridine rings is 2. The van der Waals surface area contributed by atoms with Gasteiger partial charge in [-0.15, -0.1) is 0 Å². The minimum atomic E-state index is -0.436. The smallest absolute Gasteiger partial charge is 0.299 e. The highest BCUT2D eigenvalue weighted by Gasteiger charge is 2.41. The molecule has 2 aliphatic rings. The molecule has 8 aromatic rings. The van der Waals surface area contributed by atoms with Gasteiger partial charge in [-0.1, -0.05) is 42.8 Å². The first kappa shape index (κ1) is 44.0. The first-order chi connectivity index (χ1) is 33.6. The highest BCUT2D eigenvalue weighted by molar-refractivity contribution is 6.05. The summed E-state index contributed by atoms with van der Waals surface area (Å²) in [6.45, 7) is 10.0. The minimum absolute atomic E-state index is 0.215. The highest BCUT2D eigenvalue weighted by atomic mass is 16.2. The molecule has 0 aliphatic carbocycles. The Bertz CT molecular complexity index is 3390. The average Bonchev–Trinajstić information content (AvgIpc) is 4.19. The van der Waals surface area contributed by atoms with Crippen LogP contribution in [0.3, 0.4) is 0 Å². The van der Waals surface area contributed by atoms with E-state index >= 15 is 0 Å². The van der Waals surface area contributed by atoms with Crippen LogP contribution >= 0.6 is 0 Å². The van der Waals surface area contributed by atoms with Gasteiger partial charge in [-0.3, -0.25) is 37.9 Å². The lowest BCUT2D eigenvalue weighted by atomic mass is 10.1. The van der Waals surface area contributed by atoms with Gasteiger partial charge >= 0.3 is 0 Å².